The molecule has 0 fully saturated rings. The van der Waals surface area contributed by atoms with Crippen LogP contribution in [-0.2, 0) is 35.4 Å². The van der Waals surface area contributed by atoms with Crippen molar-refractivity contribution in [2.75, 3.05) is 26.7 Å². The molecule has 7 heteroatoms. The Morgan fingerprint density at radius 3 is 2.54 bits per heavy atom. The highest BCUT2D eigenvalue weighted by Crippen LogP contribution is 2.22. The van der Waals surface area contributed by atoms with Crippen LogP contribution in [0.25, 0.3) is 0 Å². The van der Waals surface area contributed by atoms with Crippen LogP contribution in [0, 0.1) is 0 Å². The van der Waals surface area contributed by atoms with Gasteiger partial charge in [0.2, 0.25) is 0 Å². The summed E-state index contributed by atoms with van der Waals surface area (Å²) in [4.78, 5) is 28.9. The van der Waals surface area contributed by atoms with Crippen molar-refractivity contribution in [2.45, 2.75) is 38.3 Å². The standard InChI is InChI=1S/C28H31ClN2O3S/c1-31-14-11-22-8-7-21(17-23(22)12-15-31)18-25(32)24(30-28(33)26-9-10-27(29)35-26)13-16-34-19-20-5-3-2-4-6-20/h2-10,17,24H,11-16,18-19H2,1H3,(H,30,33)/t24-/m1/s1. The molecule has 0 saturated carbocycles. The molecule has 2 heterocycles. The second-order valence-corrected chi connectivity index (χ2v) is 10.7. The summed E-state index contributed by atoms with van der Waals surface area (Å²) in [6.07, 6.45) is 2.70. The number of nitrogens with zero attached hydrogens (tertiary/aromatic N) is 1. The van der Waals surface area contributed by atoms with E-state index in [0.717, 1.165) is 37.1 Å². The Balaban J connectivity index is 1.41. The molecule has 1 atom stereocenters. The molecule has 0 saturated heterocycles. The molecular formula is C28H31ClN2O3S. The third-order valence-corrected chi connectivity index (χ3v) is 7.56. The van der Waals surface area contributed by atoms with Gasteiger partial charge in [-0.05, 0) is 60.7 Å². The fourth-order valence-corrected chi connectivity index (χ4v) is 5.22. The molecule has 1 aliphatic heterocycles. The average molecular weight is 511 g/mol. The smallest absolute Gasteiger partial charge is 0.261 e. The maximum atomic E-state index is 13.3. The number of hydrogen-bond acceptors (Lipinski definition) is 5. The highest BCUT2D eigenvalue weighted by Gasteiger charge is 2.23. The predicted molar refractivity (Wildman–Crippen MR) is 141 cm³/mol. The van der Waals surface area contributed by atoms with Gasteiger partial charge in [0.25, 0.3) is 5.91 Å². The first-order valence-corrected chi connectivity index (χ1v) is 13.2. The van der Waals surface area contributed by atoms with Crippen LogP contribution < -0.4 is 5.32 Å². The van der Waals surface area contributed by atoms with Gasteiger partial charge < -0.3 is 15.0 Å². The zero-order chi connectivity index (χ0) is 24.6. The number of carbonyl (C=O) groups excluding carboxylic acids is 2. The van der Waals surface area contributed by atoms with E-state index in [4.69, 9.17) is 16.3 Å². The van der Waals surface area contributed by atoms with Gasteiger partial charge in [-0.2, -0.15) is 0 Å². The molecule has 0 aliphatic carbocycles. The summed E-state index contributed by atoms with van der Waals surface area (Å²) in [5.74, 6) is -0.303. The minimum atomic E-state index is -0.635. The van der Waals surface area contributed by atoms with Crippen molar-refractivity contribution in [3.05, 3.63) is 92.1 Å². The van der Waals surface area contributed by atoms with Crippen LogP contribution >= 0.6 is 22.9 Å². The summed E-state index contributed by atoms with van der Waals surface area (Å²) in [5, 5.41) is 2.92. The van der Waals surface area contributed by atoms with Gasteiger partial charge in [-0.25, -0.2) is 0 Å². The molecular weight excluding hydrogens is 480 g/mol. The maximum Gasteiger partial charge on any atom is 0.261 e. The number of rotatable bonds is 10. The Hall–Kier alpha value is -2.51. The Labute approximate surface area is 216 Å². The summed E-state index contributed by atoms with van der Waals surface area (Å²) in [6, 6.07) is 19.0. The topological polar surface area (TPSA) is 58.6 Å². The first-order valence-electron chi connectivity index (χ1n) is 12.0. The van der Waals surface area contributed by atoms with Crippen molar-refractivity contribution in [2.24, 2.45) is 0 Å². The first-order chi connectivity index (χ1) is 17.0. The number of amides is 1. The van der Waals surface area contributed by atoms with Crippen molar-refractivity contribution in [1.82, 2.24) is 10.2 Å². The largest absolute Gasteiger partial charge is 0.377 e. The number of halogens is 1. The van der Waals surface area contributed by atoms with Gasteiger partial charge in [-0.3, -0.25) is 9.59 Å². The third-order valence-electron chi connectivity index (χ3n) is 6.33. The second-order valence-electron chi connectivity index (χ2n) is 9.01. The minimum absolute atomic E-state index is 0.0185. The number of carbonyl (C=O) groups is 2. The molecule has 4 rings (SSSR count). The number of thiophene rings is 1. The molecule has 0 radical (unpaired) electrons. The number of nitrogens with one attached hydrogen (secondary N) is 1. The molecule has 3 aromatic rings. The summed E-state index contributed by atoms with van der Waals surface area (Å²) in [6.45, 7) is 2.91. The van der Waals surface area contributed by atoms with Crippen LogP contribution in [0.4, 0.5) is 0 Å². The quantitative estimate of drug-likeness (QED) is 0.392. The molecule has 1 amide bonds. The monoisotopic (exact) mass is 510 g/mol. The summed E-state index contributed by atoms with van der Waals surface area (Å²) >= 11 is 7.20. The maximum absolute atomic E-state index is 13.3. The molecule has 1 aromatic heterocycles. The van der Waals surface area contributed by atoms with E-state index < -0.39 is 6.04 Å². The lowest BCUT2D eigenvalue weighted by atomic mass is 9.95. The van der Waals surface area contributed by atoms with Crippen LogP contribution in [0.1, 0.15) is 38.3 Å². The number of Topliss-reactive ketones (excluding diaryl/α,β-unsaturated/α-hetero) is 1. The minimum Gasteiger partial charge on any atom is -0.377 e. The van der Waals surface area contributed by atoms with Gasteiger partial charge in [-0.15, -0.1) is 11.3 Å². The van der Waals surface area contributed by atoms with Crippen LogP contribution in [-0.4, -0.2) is 49.4 Å². The average Bonchev–Trinajstić information content (AvgIpc) is 3.22. The number of fused-ring (bicyclic) bond motifs is 1. The lowest BCUT2D eigenvalue weighted by Gasteiger charge is -2.18. The van der Waals surface area contributed by atoms with Crippen LogP contribution in [0.15, 0.2) is 60.7 Å². The molecule has 0 spiro atoms. The fourth-order valence-electron chi connectivity index (χ4n) is 4.27. The van der Waals surface area contributed by atoms with Gasteiger partial charge in [0, 0.05) is 26.1 Å². The van der Waals surface area contributed by atoms with Crippen LogP contribution in [0.5, 0.6) is 0 Å². The number of ether oxygens (including phenoxy) is 1. The molecule has 1 aliphatic rings. The van der Waals surface area contributed by atoms with Gasteiger partial charge in [0.15, 0.2) is 5.78 Å². The zero-order valence-electron chi connectivity index (χ0n) is 20.0. The number of hydrogen-bond donors (Lipinski definition) is 1. The Bertz CT molecular complexity index is 1150. The van der Waals surface area contributed by atoms with E-state index in [0.29, 0.717) is 28.8 Å². The third kappa shape index (κ3) is 7.48. The van der Waals surface area contributed by atoms with Crippen molar-refractivity contribution < 1.29 is 14.3 Å². The predicted octanol–water partition coefficient (Wildman–Crippen LogP) is 4.95. The Morgan fingerprint density at radius 1 is 1.03 bits per heavy atom. The van der Waals surface area contributed by atoms with Crippen molar-refractivity contribution in [3.8, 4) is 0 Å². The SMILES string of the molecule is CN1CCc2ccc(CC(=O)[C@@H](CCOCc3ccccc3)NC(=O)c3ccc(Cl)s3)cc2CC1. The molecule has 35 heavy (non-hydrogen) atoms. The van der Waals surface area contributed by atoms with Crippen molar-refractivity contribution >= 4 is 34.6 Å². The van der Waals surface area contributed by atoms with Gasteiger partial charge in [0.1, 0.15) is 0 Å². The number of benzene rings is 2. The second kappa shape index (κ2) is 12.5. The fraction of sp³-hybridized carbons (Fsp3) is 0.357. The van der Waals surface area contributed by atoms with Crippen molar-refractivity contribution in [3.63, 3.8) is 0 Å². The number of ketones is 1. The lowest BCUT2D eigenvalue weighted by molar-refractivity contribution is -0.120. The lowest BCUT2D eigenvalue weighted by Crippen LogP contribution is -2.42. The first kappa shape index (κ1) is 25.6. The van der Waals surface area contributed by atoms with E-state index in [1.54, 1.807) is 12.1 Å². The Morgan fingerprint density at radius 2 is 1.80 bits per heavy atom. The van der Waals surface area contributed by atoms with E-state index >= 15 is 0 Å². The van der Waals surface area contributed by atoms with E-state index in [1.807, 2.05) is 36.4 Å². The van der Waals surface area contributed by atoms with Crippen LogP contribution in [0.3, 0.4) is 0 Å². The molecule has 5 nitrogen and oxygen atoms in total. The molecule has 0 bridgehead atoms. The summed E-state index contributed by atoms with van der Waals surface area (Å²) in [5.41, 5.74) is 4.74. The van der Waals surface area contributed by atoms with Gasteiger partial charge >= 0.3 is 0 Å². The normalized spacial score (nSPS) is 14.7. The van der Waals surface area contributed by atoms with Gasteiger partial charge in [-0.1, -0.05) is 60.1 Å². The highest BCUT2D eigenvalue weighted by atomic mass is 35.5. The van der Waals surface area contributed by atoms with E-state index in [-0.39, 0.29) is 18.1 Å². The molecule has 2 aromatic carbocycles. The van der Waals surface area contributed by atoms with Crippen molar-refractivity contribution in [1.29, 1.82) is 0 Å². The number of likely N-dealkylation sites (N-methyl/N-ethyl adjacent to an activating group) is 1. The zero-order valence-corrected chi connectivity index (χ0v) is 21.5. The van der Waals surface area contributed by atoms with Crippen LogP contribution in [0.2, 0.25) is 4.34 Å². The summed E-state index contributed by atoms with van der Waals surface area (Å²) < 4.78 is 6.36. The molecule has 184 valence electrons. The summed E-state index contributed by atoms with van der Waals surface area (Å²) in [7, 11) is 2.14. The molecule has 0 unspecified atom stereocenters. The molecule has 1 N–H and O–H groups in total. The van der Waals surface area contributed by atoms with Gasteiger partial charge in [0.05, 0.1) is 21.9 Å². The van der Waals surface area contributed by atoms with E-state index in [9.17, 15) is 9.59 Å². The highest BCUT2D eigenvalue weighted by molar-refractivity contribution is 7.18. The Kier molecular flexibility index (Phi) is 9.10. The van der Waals surface area contributed by atoms with E-state index in [2.05, 4.69) is 29.4 Å². The van der Waals surface area contributed by atoms with E-state index in [1.165, 1.54) is 22.5 Å².